The van der Waals surface area contributed by atoms with E-state index < -0.39 is 66.6 Å². The van der Waals surface area contributed by atoms with E-state index in [0.29, 0.717) is 145 Å². The Morgan fingerprint density at radius 1 is 0.425 bits per heavy atom. The summed E-state index contributed by atoms with van der Waals surface area (Å²) >= 11 is 3.38. The number of nitro groups is 3. The van der Waals surface area contributed by atoms with Gasteiger partial charge < -0.3 is 98.2 Å². The van der Waals surface area contributed by atoms with Gasteiger partial charge in [-0.2, -0.15) is 0 Å². The van der Waals surface area contributed by atoms with E-state index in [-0.39, 0.29) is 28.5 Å². The van der Waals surface area contributed by atoms with Crippen LogP contribution in [0.5, 0.6) is 92.0 Å². The van der Waals surface area contributed by atoms with E-state index in [1.807, 2.05) is 221 Å². The highest BCUT2D eigenvalue weighted by atomic mass is 79.9. The Morgan fingerprint density at radius 3 is 1.24 bits per heavy atom. The minimum Gasteiger partial charge on any atom is -0.507 e. The molecule has 18 rings (SSSR count). The number of nitrogens with one attached hydrogen (secondary N) is 1. The van der Waals surface area contributed by atoms with E-state index in [0.717, 1.165) is 94.1 Å². The summed E-state index contributed by atoms with van der Waals surface area (Å²) < 4.78 is 71.8. The third-order valence-electron chi connectivity index (χ3n) is 18.7. The van der Waals surface area contributed by atoms with Gasteiger partial charge in [0.15, 0.2) is 86.3 Å². The highest BCUT2D eigenvalue weighted by Crippen LogP contribution is 2.48. The number of Topliss-reactive ketones (excluding diaryl/α,β-unsaturated/α-hetero) is 2. The van der Waals surface area contributed by atoms with E-state index in [1.165, 1.54) is 73.6 Å². The average Bonchev–Trinajstić information content (AvgIpc) is 1.57. The van der Waals surface area contributed by atoms with Crippen molar-refractivity contribution >= 4 is 62.1 Å². The van der Waals surface area contributed by atoms with Crippen LogP contribution in [0.15, 0.2) is 179 Å². The number of ketones is 2. The van der Waals surface area contributed by atoms with Gasteiger partial charge in [0.05, 0.1) is 41.6 Å². The summed E-state index contributed by atoms with van der Waals surface area (Å²) in [7, 11) is 0. The fourth-order valence-corrected chi connectivity index (χ4v) is 13.6. The molecule has 2 atom stereocenters. The van der Waals surface area contributed by atoms with Gasteiger partial charge >= 0.3 is 23.2 Å². The number of rotatable bonds is 8. The lowest BCUT2D eigenvalue weighted by Gasteiger charge is -2.36. The first-order valence-corrected chi connectivity index (χ1v) is 51.7. The van der Waals surface area contributed by atoms with Gasteiger partial charge in [0.2, 0.25) is 17.2 Å². The first-order valence-electron chi connectivity index (χ1n) is 50.9. The number of likely N-dealkylation sites (tertiary alicyclic amines) is 1. The number of aliphatic hydroxyl groups is 1. The predicted octanol–water partition coefficient (Wildman–Crippen LogP) is 27.6. The minimum atomic E-state index is -1.44. The summed E-state index contributed by atoms with van der Waals surface area (Å²) in [5.74, 6) is 6.22. The van der Waals surface area contributed by atoms with Crippen LogP contribution in [0.1, 0.15) is 283 Å². The highest BCUT2D eigenvalue weighted by molar-refractivity contribution is 9.10. The molecular formula is C111H166BrN7O27. The molecule has 34 nitrogen and oxygen atoms in total. The number of aliphatic imine (C=N–C) groups is 1. The molecule has 1 amide bonds. The van der Waals surface area contributed by atoms with Crippen molar-refractivity contribution in [3.05, 3.63) is 232 Å². The molecule has 8 N–H and O–H groups in total. The quantitative estimate of drug-likeness (QED) is 0.0244. The van der Waals surface area contributed by atoms with Gasteiger partial charge in [-0.1, -0.05) is 239 Å². The number of para-hydroxylation sites is 9. The van der Waals surface area contributed by atoms with Crippen molar-refractivity contribution in [2.24, 2.45) is 4.99 Å². The van der Waals surface area contributed by atoms with E-state index in [2.05, 4.69) is 38.4 Å². The molecule has 9 aromatic carbocycles. The number of hydrogen-bond acceptors (Lipinski definition) is 30. The number of carbonyl (C=O) groups excluding carboxylic acids is 3. The molecule has 0 aromatic heterocycles. The van der Waals surface area contributed by atoms with E-state index in [1.54, 1.807) is 75.4 Å². The molecule has 0 spiro atoms. The fraction of sp³-hybridized carbons (Fsp3) is 0.477. The zero-order chi connectivity index (χ0) is 111. The van der Waals surface area contributed by atoms with Crippen LogP contribution >= 0.6 is 15.9 Å². The molecule has 9 aromatic rings. The molecule has 0 saturated carbocycles. The molecule has 2 unspecified atom stereocenters. The van der Waals surface area contributed by atoms with Crippen molar-refractivity contribution in [3.8, 4) is 92.0 Å². The summed E-state index contributed by atoms with van der Waals surface area (Å²) in [6, 6.07) is 47.8. The number of anilines is 1. The summed E-state index contributed by atoms with van der Waals surface area (Å²) in [4.78, 5) is 68.9. The number of nitrogen functional groups attached to an aromatic ring is 1. The standard InChI is InChI=1S/C17H23NO5.C12H15NO2.C12H13NO2.C8H7BrO2.2C8H7NO4.C8H9NO2.C8H8O2.C6H5NO4.12C2H6/c1-16(2,3)23-15(19)18-9-5-8-17(18,20)12-6-4-7-13-14(12)22-11-10-21-13;2*1-3-9(10-4-2-6-13-10)12-11(5-1)14-7-8-15-12;9-6-2-1-3-7-8(6)11-5-4-10-7;10-9(11)6-2-1-3-7-8(6)13-5-4-12-7;1-5(10)6-3-2-4-7(8(6)11)9(12)13;9-6-2-1-3-7-8(6)11-5-4-10-7;1-6(9)7-4-2-3-5-8(7)10;8-5-3-1-2-4(6(5)9)7(10)11;12*1-2/h4,6-7,20H,5,8-11H2,1-3H3;1,3,5,10,13H,2,4,6-8H2;1,3,5H,2,4,6-8H2;1-3H,4-5H2;1-3H,4-5H2;2-4,11H,1H3;1-3H,4-5,9H2;2-5,10H,1H3;1-3,8-9H;12*1-2H3. The van der Waals surface area contributed by atoms with Gasteiger partial charge in [-0.3, -0.25) is 49.8 Å². The zero-order valence-corrected chi connectivity index (χ0v) is 93.1. The van der Waals surface area contributed by atoms with Gasteiger partial charge in [-0.15, -0.1) is 0 Å². The molecule has 0 aliphatic carbocycles. The monoisotopic (exact) mass is 2110 g/mol. The Hall–Kier alpha value is -13.5. The molecule has 2 fully saturated rings. The van der Waals surface area contributed by atoms with Crippen LogP contribution in [0.4, 0.5) is 27.5 Å². The lowest BCUT2D eigenvalue weighted by molar-refractivity contribution is -0.386. The summed E-state index contributed by atoms with van der Waals surface area (Å²) in [6.07, 6.45) is 5.26. The smallest absolute Gasteiger partial charge is 0.412 e. The number of hydrogen-bond donors (Lipinski definition) is 7. The number of nitro benzene ring substituents is 3. The molecule has 0 bridgehead atoms. The molecular weight excluding hydrogens is 1940 g/mol. The third-order valence-corrected chi connectivity index (χ3v) is 19.3. The summed E-state index contributed by atoms with van der Waals surface area (Å²) in [5.41, 5.74) is 7.67. The summed E-state index contributed by atoms with van der Waals surface area (Å²) in [5, 5.41) is 81.7. The van der Waals surface area contributed by atoms with Crippen molar-refractivity contribution in [1.82, 2.24) is 10.2 Å². The number of halogens is 1. The minimum absolute atomic E-state index is 0.0331. The van der Waals surface area contributed by atoms with Crippen LogP contribution in [-0.4, -0.2) is 173 Å². The molecule has 0 radical (unpaired) electrons. The number of fused-ring (bicyclic) bond motifs is 6. The first kappa shape index (κ1) is 137. The summed E-state index contributed by atoms with van der Waals surface area (Å²) in [6.45, 7) is 65.3. The average molecular weight is 2110 g/mol. The number of amides is 1. The van der Waals surface area contributed by atoms with Crippen molar-refractivity contribution in [2.45, 2.75) is 257 Å². The van der Waals surface area contributed by atoms with E-state index in [4.69, 9.17) is 82.6 Å². The maximum Gasteiger partial charge on any atom is 0.412 e. The van der Waals surface area contributed by atoms with Crippen molar-refractivity contribution < 1.29 is 116 Å². The number of phenolic OH excluding ortho intramolecular Hbond substituents is 4. The predicted molar refractivity (Wildman–Crippen MR) is 586 cm³/mol. The maximum absolute atomic E-state index is 12.5. The molecule has 35 heteroatoms. The van der Waals surface area contributed by atoms with Crippen LogP contribution in [0, 0.1) is 30.3 Å². The Labute approximate surface area is 874 Å². The highest BCUT2D eigenvalue weighted by Gasteiger charge is 2.48. The molecule has 9 aliphatic rings. The Balaban J connectivity index is -0.00000155. The number of aromatic hydroxyl groups is 4. The number of phenols is 4. The number of benzene rings is 9. The Morgan fingerprint density at radius 2 is 0.795 bits per heavy atom. The molecule has 146 heavy (non-hydrogen) atoms. The van der Waals surface area contributed by atoms with Crippen LogP contribution in [-0.2, 0) is 10.5 Å². The SMILES string of the molecule is Brc1cccc2c1OCCO2.CC.CC.CC.CC.CC.CC.CC.CC.CC.CC.CC.CC.CC(=O)c1cccc([N+](=O)[O-])c1O.CC(=O)c1ccccc1O.CC(C)(C)OC(=O)N1CCCC1(O)c1cccc2c1OCCO2.Nc1cccc2c1OCCO2.O=[N+]([O-])c1cccc(O)c1O.O=[N+]([O-])c1cccc2c1OCCO2.c1cc2c(c(C3=NCCC3)c1)OCCO2.c1cc2c(c(C3CCCN3)c1)OCCO2. The lowest BCUT2D eigenvalue weighted by atomic mass is 9.98. The molecule has 9 heterocycles. The van der Waals surface area contributed by atoms with Crippen LogP contribution in [0.2, 0.25) is 0 Å². The fourth-order valence-electron chi connectivity index (χ4n) is 13.2. The maximum atomic E-state index is 12.5. The van der Waals surface area contributed by atoms with Gasteiger partial charge in [-0.05, 0) is 168 Å². The Kier molecular flexibility index (Phi) is 74.6. The number of carbonyl (C=O) groups is 3. The van der Waals surface area contributed by atoms with Gasteiger partial charge in [0.25, 0.3) is 0 Å². The normalized spacial score (nSPS) is 14.3. The van der Waals surface area contributed by atoms with Crippen molar-refractivity contribution in [2.75, 3.05) is 105 Å². The topological polar surface area (TPSA) is 455 Å². The van der Waals surface area contributed by atoms with Crippen LogP contribution < -0.4 is 67.9 Å². The lowest BCUT2D eigenvalue weighted by Crippen LogP contribution is -2.47. The largest absolute Gasteiger partial charge is 0.507 e. The van der Waals surface area contributed by atoms with E-state index >= 15 is 0 Å². The Bertz CT molecular complexity index is 5120. The second-order valence-corrected chi connectivity index (χ2v) is 29.2. The molecule has 814 valence electrons. The number of ether oxygens (including phenoxy) is 13. The second kappa shape index (κ2) is 79.8. The van der Waals surface area contributed by atoms with E-state index in [9.17, 15) is 54.9 Å². The van der Waals surface area contributed by atoms with Gasteiger partial charge in [-0.25, -0.2) is 4.79 Å². The molecule has 2 saturated heterocycles. The molecule has 9 aliphatic heterocycles. The van der Waals surface area contributed by atoms with Crippen molar-refractivity contribution in [1.29, 1.82) is 0 Å². The second-order valence-electron chi connectivity index (χ2n) is 28.3. The zero-order valence-electron chi connectivity index (χ0n) is 91.5. The number of nitrogens with zero attached hydrogens (tertiary/aromatic N) is 5. The van der Waals surface area contributed by atoms with Crippen LogP contribution in [0.3, 0.4) is 0 Å². The van der Waals surface area contributed by atoms with Gasteiger partial charge in [0, 0.05) is 60.6 Å². The van der Waals surface area contributed by atoms with Crippen molar-refractivity contribution in [3.63, 3.8) is 0 Å². The first-order chi connectivity index (χ1) is 70.6. The van der Waals surface area contributed by atoms with Gasteiger partial charge in [0.1, 0.15) is 90.6 Å². The van der Waals surface area contributed by atoms with Crippen LogP contribution in [0.25, 0.3) is 0 Å². The third kappa shape index (κ3) is 44.6. The number of nitrogens with two attached hydrogens (primary N) is 1.